The van der Waals surface area contributed by atoms with Crippen molar-refractivity contribution in [1.29, 1.82) is 0 Å². The van der Waals surface area contributed by atoms with Crippen molar-refractivity contribution < 1.29 is 19.1 Å². The third-order valence-electron chi connectivity index (χ3n) is 3.67. The van der Waals surface area contributed by atoms with Crippen LogP contribution in [0, 0.1) is 0 Å². The van der Waals surface area contributed by atoms with E-state index in [9.17, 15) is 9.59 Å². The van der Waals surface area contributed by atoms with Gasteiger partial charge in [-0.25, -0.2) is 4.79 Å². The highest BCUT2D eigenvalue weighted by atomic mass is 16.5. The fourth-order valence-electron chi connectivity index (χ4n) is 2.39. The molecule has 3 amide bonds. The molecule has 1 saturated heterocycles. The average molecular weight is 292 g/mol. The van der Waals surface area contributed by atoms with E-state index in [0.717, 1.165) is 5.56 Å². The minimum Gasteiger partial charge on any atom is -0.382 e. The van der Waals surface area contributed by atoms with Gasteiger partial charge in [-0.2, -0.15) is 0 Å². The first kappa shape index (κ1) is 15.5. The van der Waals surface area contributed by atoms with Crippen LogP contribution in [0.5, 0.6) is 0 Å². The van der Waals surface area contributed by atoms with Crippen LogP contribution in [0.3, 0.4) is 0 Å². The van der Waals surface area contributed by atoms with Crippen molar-refractivity contribution in [3.8, 4) is 0 Å². The molecule has 1 aliphatic heterocycles. The molecule has 1 heterocycles. The molecule has 0 bridgehead atoms. The van der Waals surface area contributed by atoms with E-state index in [2.05, 4.69) is 5.32 Å². The van der Waals surface area contributed by atoms with Gasteiger partial charge < -0.3 is 14.4 Å². The van der Waals surface area contributed by atoms with Gasteiger partial charge in [0.1, 0.15) is 5.54 Å². The molecule has 114 valence electrons. The molecule has 6 heteroatoms. The van der Waals surface area contributed by atoms with Gasteiger partial charge in [0.25, 0.3) is 5.91 Å². The lowest BCUT2D eigenvalue weighted by molar-refractivity contribution is -0.126. The van der Waals surface area contributed by atoms with E-state index in [0.29, 0.717) is 26.4 Å². The Morgan fingerprint density at radius 2 is 1.86 bits per heavy atom. The highest BCUT2D eigenvalue weighted by Crippen LogP contribution is 2.32. The Labute approximate surface area is 124 Å². The molecule has 0 radical (unpaired) electrons. The van der Waals surface area contributed by atoms with Crippen LogP contribution < -0.4 is 5.32 Å². The molecule has 1 N–H and O–H groups in total. The lowest BCUT2D eigenvalue weighted by Gasteiger charge is -2.32. The summed E-state index contributed by atoms with van der Waals surface area (Å²) in [5.41, 5.74) is -0.214. The van der Waals surface area contributed by atoms with Gasteiger partial charge >= 0.3 is 6.03 Å². The second kappa shape index (κ2) is 6.69. The third-order valence-corrected chi connectivity index (χ3v) is 3.67. The van der Waals surface area contributed by atoms with Gasteiger partial charge in [-0.15, -0.1) is 0 Å². The van der Waals surface area contributed by atoms with Gasteiger partial charge in [0.15, 0.2) is 0 Å². The molecule has 1 aromatic carbocycles. The Bertz CT molecular complexity index is 506. The number of benzene rings is 1. The van der Waals surface area contributed by atoms with Crippen LogP contribution in [0.1, 0.15) is 12.5 Å². The largest absolute Gasteiger partial charge is 0.382 e. The zero-order chi connectivity index (χ0) is 15.3. The first-order valence-corrected chi connectivity index (χ1v) is 6.86. The van der Waals surface area contributed by atoms with E-state index >= 15 is 0 Å². The summed E-state index contributed by atoms with van der Waals surface area (Å²) in [6, 6.07) is 8.88. The summed E-state index contributed by atoms with van der Waals surface area (Å²) in [7, 11) is 1.60. The number of amides is 3. The molecule has 2 rings (SSSR count). The Kier molecular flexibility index (Phi) is 4.93. The summed E-state index contributed by atoms with van der Waals surface area (Å²) in [5.74, 6) is -0.310. The maximum atomic E-state index is 12.2. The molecule has 1 aromatic rings. The van der Waals surface area contributed by atoms with E-state index in [-0.39, 0.29) is 11.9 Å². The van der Waals surface area contributed by atoms with E-state index < -0.39 is 5.54 Å². The molecule has 0 aromatic heterocycles. The molecule has 0 aliphatic carbocycles. The van der Waals surface area contributed by atoms with Gasteiger partial charge in [0.2, 0.25) is 0 Å². The second-order valence-corrected chi connectivity index (χ2v) is 4.95. The van der Waals surface area contributed by atoms with Crippen molar-refractivity contribution in [1.82, 2.24) is 10.2 Å². The lowest BCUT2D eigenvalue weighted by Crippen LogP contribution is -2.45. The lowest BCUT2D eigenvalue weighted by atomic mass is 9.90. The highest BCUT2D eigenvalue weighted by molar-refractivity contribution is 6.07. The number of imide groups is 1. The molecule has 1 atom stereocenters. The van der Waals surface area contributed by atoms with Gasteiger partial charge in [0, 0.05) is 13.7 Å². The van der Waals surface area contributed by atoms with Crippen molar-refractivity contribution in [2.24, 2.45) is 0 Å². The number of hydrogen-bond donors (Lipinski definition) is 1. The molecule has 0 saturated carbocycles. The van der Waals surface area contributed by atoms with E-state index in [4.69, 9.17) is 9.47 Å². The number of ether oxygens (including phenoxy) is 2. The highest BCUT2D eigenvalue weighted by Gasteiger charge is 2.50. The van der Waals surface area contributed by atoms with Crippen LogP contribution in [-0.4, -0.2) is 50.3 Å². The number of carbonyl (C=O) groups excluding carboxylic acids is 2. The zero-order valence-corrected chi connectivity index (χ0v) is 12.3. The standard InChI is InChI=1S/C15H20N2O4/c1-15(12-6-4-3-5-7-12)13(18)16-14(19)17(15)8-9-21-11-10-20-2/h3-7H,8-11H2,1-2H3,(H,16,18,19). The number of carbonyl (C=O) groups is 2. The monoisotopic (exact) mass is 292 g/mol. The predicted molar refractivity (Wildman–Crippen MR) is 76.7 cm³/mol. The van der Waals surface area contributed by atoms with Crippen molar-refractivity contribution in [3.63, 3.8) is 0 Å². The first-order chi connectivity index (χ1) is 10.1. The first-order valence-electron chi connectivity index (χ1n) is 6.86. The molecule has 1 fully saturated rings. The minimum absolute atomic E-state index is 0.310. The maximum absolute atomic E-state index is 12.2. The molecule has 0 spiro atoms. The maximum Gasteiger partial charge on any atom is 0.325 e. The predicted octanol–water partition coefficient (Wildman–Crippen LogP) is 1.12. The van der Waals surface area contributed by atoms with Crippen molar-refractivity contribution in [2.75, 3.05) is 33.5 Å². The van der Waals surface area contributed by atoms with E-state index in [1.165, 1.54) is 4.90 Å². The van der Waals surface area contributed by atoms with Crippen LogP contribution in [0.4, 0.5) is 4.79 Å². The van der Waals surface area contributed by atoms with Gasteiger partial charge in [-0.05, 0) is 12.5 Å². The van der Waals surface area contributed by atoms with Gasteiger partial charge in [0.05, 0.1) is 19.8 Å². The number of nitrogens with zero attached hydrogens (tertiary/aromatic N) is 1. The Hall–Kier alpha value is -1.92. The summed E-state index contributed by atoms with van der Waals surface area (Å²) in [5, 5.41) is 2.38. The average Bonchev–Trinajstić information content (AvgIpc) is 2.71. The van der Waals surface area contributed by atoms with Crippen LogP contribution >= 0.6 is 0 Å². The zero-order valence-electron chi connectivity index (χ0n) is 12.3. The Morgan fingerprint density at radius 3 is 2.52 bits per heavy atom. The second-order valence-electron chi connectivity index (χ2n) is 4.95. The molecule has 1 aliphatic rings. The fraction of sp³-hybridized carbons (Fsp3) is 0.467. The summed E-state index contributed by atoms with van der Waals surface area (Å²) in [4.78, 5) is 25.7. The SMILES string of the molecule is COCCOCCN1C(=O)NC(=O)C1(C)c1ccccc1. The third kappa shape index (κ3) is 3.06. The molecule has 6 nitrogen and oxygen atoms in total. The van der Waals surface area contributed by atoms with Crippen LogP contribution in [-0.2, 0) is 19.8 Å². The topological polar surface area (TPSA) is 67.9 Å². The quantitative estimate of drug-likeness (QED) is 0.604. The molecule has 21 heavy (non-hydrogen) atoms. The normalized spacial score (nSPS) is 21.7. The van der Waals surface area contributed by atoms with Gasteiger partial charge in [-0.1, -0.05) is 30.3 Å². The smallest absolute Gasteiger partial charge is 0.325 e. The molecular weight excluding hydrogens is 272 g/mol. The van der Waals surface area contributed by atoms with E-state index in [1.807, 2.05) is 30.3 Å². The Morgan fingerprint density at radius 1 is 1.14 bits per heavy atom. The van der Waals surface area contributed by atoms with E-state index in [1.54, 1.807) is 14.0 Å². The summed E-state index contributed by atoms with van der Waals surface area (Å²) >= 11 is 0. The number of hydrogen-bond acceptors (Lipinski definition) is 4. The fourth-order valence-corrected chi connectivity index (χ4v) is 2.39. The van der Waals surface area contributed by atoms with Crippen LogP contribution in [0.25, 0.3) is 0 Å². The number of rotatable bonds is 7. The van der Waals surface area contributed by atoms with Crippen LogP contribution in [0.15, 0.2) is 30.3 Å². The summed E-state index contributed by atoms with van der Waals surface area (Å²) in [6.07, 6.45) is 0. The number of urea groups is 1. The van der Waals surface area contributed by atoms with Crippen molar-refractivity contribution in [3.05, 3.63) is 35.9 Å². The van der Waals surface area contributed by atoms with Crippen LogP contribution in [0.2, 0.25) is 0 Å². The minimum atomic E-state index is -0.997. The summed E-state index contributed by atoms with van der Waals surface area (Å²) < 4.78 is 10.3. The van der Waals surface area contributed by atoms with Gasteiger partial charge in [-0.3, -0.25) is 10.1 Å². The molecular formula is C15H20N2O4. The molecule has 1 unspecified atom stereocenters. The van der Waals surface area contributed by atoms with Crippen molar-refractivity contribution >= 4 is 11.9 Å². The number of methoxy groups -OCH3 is 1. The Balaban J connectivity index is 2.10. The summed E-state index contributed by atoms with van der Waals surface area (Å²) in [6.45, 7) is 3.40. The number of nitrogens with one attached hydrogen (secondary N) is 1. The van der Waals surface area contributed by atoms with Crippen molar-refractivity contribution in [2.45, 2.75) is 12.5 Å².